The minimum absolute atomic E-state index is 0.116. The molecule has 0 amide bonds. The van der Waals surface area contributed by atoms with Gasteiger partial charge < -0.3 is 0 Å². The molecule has 0 aliphatic heterocycles. The van der Waals surface area contributed by atoms with Crippen LogP contribution < -0.4 is 5.56 Å². The van der Waals surface area contributed by atoms with Gasteiger partial charge in [-0.15, -0.1) is 0 Å². The van der Waals surface area contributed by atoms with Gasteiger partial charge in [0.05, 0.1) is 10.9 Å². The number of fused-ring (bicyclic) bond motifs is 1. The summed E-state index contributed by atoms with van der Waals surface area (Å²) in [5, 5.41) is 4.79. The van der Waals surface area contributed by atoms with Crippen LogP contribution in [-0.4, -0.2) is 15.9 Å². The third-order valence-corrected chi connectivity index (χ3v) is 2.76. The zero-order valence-corrected chi connectivity index (χ0v) is 11.2. The number of aromatic nitrogens is 2. The largest absolute Gasteiger partial charge is 0.282 e. The van der Waals surface area contributed by atoms with E-state index in [0.717, 1.165) is 18.4 Å². The monoisotopic (exact) mass is 255 g/mol. The van der Waals surface area contributed by atoms with Gasteiger partial charge in [-0.2, -0.15) is 9.78 Å². The Morgan fingerprint density at radius 1 is 1.37 bits per heavy atom. The number of allylic oxidation sites excluding steroid dienone is 2. The van der Waals surface area contributed by atoms with Crippen molar-refractivity contribution in [2.45, 2.75) is 26.7 Å². The average Bonchev–Trinajstić information content (AvgIpc) is 2.43. The first kappa shape index (κ1) is 13.2. The smallest absolute Gasteiger partial charge is 0.267 e. The molecule has 0 bridgehead atoms. The number of hydrogen-bond acceptors (Lipinski definition) is 3. The molecule has 19 heavy (non-hydrogen) atoms. The lowest BCUT2D eigenvalue weighted by Gasteiger charge is -2.07. The molecular weight excluding hydrogens is 238 g/mol. The molecule has 4 nitrogen and oxygen atoms in total. The molecule has 0 spiro atoms. The first-order valence-electron chi connectivity index (χ1n) is 6.44. The van der Waals surface area contributed by atoms with E-state index >= 15 is 0 Å². The maximum absolute atomic E-state index is 12.4. The van der Waals surface area contributed by atoms with E-state index in [1.807, 2.05) is 31.2 Å². The quantitative estimate of drug-likeness (QED) is 0.789. The molecule has 1 aromatic carbocycles. The van der Waals surface area contributed by atoms with E-state index in [4.69, 9.17) is 0 Å². The van der Waals surface area contributed by atoms with Crippen LogP contribution in [-0.2, 0) is 6.42 Å². The number of para-hydroxylation sites is 1. The molecule has 0 saturated heterocycles. The number of rotatable bonds is 4. The van der Waals surface area contributed by atoms with Gasteiger partial charge in [-0.25, -0.2) is 4.98 Å². The highest BCUT2D eigenvalue weighted by Crippen LogP contribution is 2.09. The van der Waals surface area contributed by atoms with Crippen molar-refractivity contribution in [2.75, 3.05) is 0 Å². The van der Waals surface area contributed by atoms with Gasteiger partial charge in [-0.3, -0.25) is 4.79 Å². The second kappa shape index (κ2) is 6.09. The van der Waals surface area contributed by atoms with Gasteiger partial charge in [-0.05, 0) is 31.6 Å². The van der Waals surface area contributed by atoms with Crippen molar-refractivity contribution in [2.24, 2.45) is 5.10 Å². The lowest BCUT2D eigenvalue weighted by atomic mass is 10.2. The maximum atomic E-state index is 12.4. The van der Waals surface area contributed by atoms with Gasteiger partial charge in [0.2, 0.25) is 0 Å². The fraction of sp³-hybridized carbons (Fsp3) is 0.267. The molecule has 1 heterocycles. The van der Waals surface area contributed by atoms with Crippen molar-refractivity contribution in [1.82, 2.24) is 9.66 Å². The fourth-order valence-electron chi connectivity index (χ4n) is 1.87. The van der Waals surface area contributed by atoms with Crippen LogP contribution in [0.25, 0.3) is 10.9 Å². The standard InChI is InChI=1S/C15H17N3O/c1-3-5-11-16-18-14(8-4-2)17-13-10-7-6-9-12(13)15(18)19/h3,5-7,9-11H,4,8H2,1-2H3/b5-3-,16-11+. The van der Waals surface area contributed by atoms with E-state index < -0.39 is 0 Å². The van der Waals surface area contributed by atoms with Crippen LogP contribution in [0.3, 0.4) is 0 Å². The van der Waals surface area contributed by atoms with Crippen molar-refractivity contribution >= 4 is 17.1 Å². The van der Waals surface area contributed by atoms with Crippen LogP contribution in [0.4, 0.5) is 0 Å². The van der Waals surface area contributed by atoms with E-state index in [-0.39, 0.29) is 5.56 Å². The number of nitrogens with zero attached hydrogens (tertiary/aromatic N) is 3. The molecular formula is C15H17N3O. The summed E-state index contributed by atoms with van der Waals surface area (Å²) in [6.45, 7) is 3.96. The van der Waals surface area contributed by atoms with Crippen molar-refractivity contribution < 1.29 is 0 Å². The Hall–Kier alpha value is -2.23. The molecule has 2 rings (SSSR count). The van der Waals surface area contributed by atoms with Gasteiger partial charge >= 0.3 is 0 Å². The molecule has 0 N–H and O–H groups in total. The summed E-state index contributed by atoms with van der Waals surface area (Å²) >= 11 is 0. The normalized spacial score (nSPS) is 11.9. The summed E-state index contributed by atoms with van der Waals surface area (Å²) in [6.07, 6.45) is 6.91. The summed E-state index contributed by atoms with van der Waals surface area (Å²) in [6, 6.07) is 7.36. The lowest BCUT2D eigenvalue weighted by Crippen LogP contribution is -2.22. The maximum Gasteiger partial charge on any atom is 0.282 e. The Kier molecular flexibility index (Phi) is 4.23. The van der Waals surface area contributed by atoms with E-state index in [9.17, 15) is 4.79 Å². The van der Waals surface area contributed by atoms with Crippen LogP contribution in [0.5, 0.6) is 0 Å². The molecule has 0 atom stereocenters. The Balaban J connectivity index is 2.67. The third-order valence-electron chi connectivity index (χ3n) is 2.76. The van der Waals surface area contributed by atoms with Crippen LogP contribution in [0.1, 0.15) is 26.1 Å². The van der Waals surface area contributed by atoms with Gasteiger partial charge in [0.25, 0.3) is 5.56 Å². The minimum atomic E-state index is -0.116. The number of benzene rings is 1. The Labute approximate surface area is 112 Å². The van der Waals surface area contributed by atoms with Crippen molar-refractivity contribution in [1.29, 1.82) is 0 Å². The third kappa shape index (κ3) is 2.78. The van der Waals surface area contributed by atoms with Gasteiger partial charge in [-0.1, -0.05) is 25.1 Å². The van der Waals surface area contributed by atoms with Gasteiger partial charge in [0.1, 0.15) is 5.82 Å². The van der Waals surface area contributed by atoms with Crippen molar-refractivity contribution in [3.63, 3.8) is 0 Å². The molecule has 0 saturated carbocycles. The molecule has 0 unspecified atom stereocenters. The van der Waals surface area contributed by atoms with E-state index in [2.05, 4.69) is 17.0 Å². The Morgan fingerprint density at radius 2 is 2.16 bits per heavy atom. The van der Waals surface area contributed by atoms with Gasteiger partial charge in [0.15, 0.2) is 0 Å². The molecule has 0 fully saturated rings. The fourth-order valence-corrected chi connectivity index (χ4v) is 1.87. The Bertz CT molecular complexity index is 683. The summed E-state index contributed by atoms with van der Waals surface area (Å²) in [5.41, 5.74) is 0.614. The second-order valence-corrected chi connectivity index (χ2v) is 4.20. The Morgan fingerprint density at radius 3 is 2.89 bits per heavy atom. The van der Waals surface area contributed by atoms with E-state index in [0.29, 0.717) is 11.2 Å². The zero-order chi connectivity index (χ0) is 13.7. The zero-order valence-electron chi connectivity index (χ0n) is 11.2. The predicted molar refractivity (Wildman–Crippen MR) is 78.7 cm³/mol. The lowest BCUT2D eigenvalue weighted by molar-refractivity contribution is 0.704. The van der Waals surface area contributed by atoms with Crippen LogP contribution >= 0.6 is 0 Å². The second-order valence-electron chi connectivity index (χ2n) is 4.20. The van der Waals surface area contributed by atoms with Crippen molar-refractivity contribution in [3.05, 3.63) is 52.6 Å². The highest BCUT2D eigenvalue weighted by molar-refractivity contribution is 5.77. The predicted octanol–water partition coefficient (Wildman–Crippen LogP) is 2.76. The van der Waals surface area contributed by atoms with Crippen LogP contribution in [0.2, 0.25) is 0 Å². The van der Waals surface area contributed by atoms with Crippen LogP contribution in [0, 0.1) is 0 Å². The van der Waals surface area contributed by atoms with Crippen LogP contribution in [0.15, 0.2) is 46.3 Å². The number of hydrogen-bond donors (Lipinski definition) is 0. The molecule has 4 heteroatoms. The summed E-state index contributed by atoms with van der Waals surface area (Å²) in [7, 11) is 0. The molecule has 2 aromatic rings. The molecule has 0 aliphatic carbocycles. The average molecular weight is 255 g/mol. The molecule has 0 aliphatic rings. The van der Waals surface area contributed by atoms with E-state index in [1.165, 1.54) is 4.68 Å². The summed E-state index contributed by atoms with van der Waals surface area (Å²) < 4.78 is 1.39. The first-order valence-corrected chi connectivity index (χ1v) is 6.44. The summed E-state index contributed by atoms with van der Waals surface area (Å²) in [5.74, 6) is 0.701. The number of aryl methyl sites for hydroxylation is 1. The summed E-state index contributed by atoms with van der Waals surface area (Å²) in [4.78, 5) is 16.9. The molecule has 98 valence electrons. The first-order chi connectivity index (χ1) is 9.27. The SMILES string of the molecule is C/C=C\C=N\n1c(CCC)nc2ccccc2c1=O. The topological polar surface area (TPSA) is 47.2 Å². The van der Waals surface area contributed by atoms with Gasteiger partial charge in [0, 0.05) is 12.6 Å². The highest BCUT2D eigenvalue weighted by Gasteiger charge is 2.08. The minimum Gasteiger partial charge on any atom is -0.267 e. The van der Waals surface area contributed by atoms with Crippen molar-refractivity contribution in [3.8, 4) is 0 Å². The van der Waals surface area contributed by atoms with E-state index in [1.54, 1.807) is 18.4 Å². The molecule has 0 radical (unpaired) electrons. The molecule has 1 aromatic heterocycles. The highest BCUT2D eigenvalue weighted by atomic mass is 16.1.